The number of methoxy groups -OCH3 is 1. The third-order valence-corrected chi connectivity index (χ3v) is 2.42. The van der Waals surface area contributed by atoms with E-state index in [-0.39, 0.29) is 6.10 Å². The molecule has 0 aromatic carbocycles. The number of ether oxygens (including phenoxy) is 1. The summed E-state index contributed by atoms with van der Waals surface area (Å²) < 4.78 is 6.62. The molecule has 2 rings (SSSR count). The Labute approximate surface area is 110 Å². The molecule has 0 bridgehead atoms. The van der Waals surface area contributed by atoms with Gasteiger partial charge in [-0.1, -0.05) is 0 Å². The maximum Gasteiger partial charge on any atom is 0.258 e. The van der Waals surface area contributed by atoms with E-state index in [1.807, 2.05) is 6.92 Å². The number of nitrogens with one attached hydrogen (secondary N) is 2. The third-order valence-electron chi connectivity index (χ3n) is 2.42. The molecule has 1 atom stereocenters. The molecule has 2 heterocycles. The van der Waals surface area contributed by atoms with Crippen LogP contribution in [0, 0.1) is 0 Å². The molecular formula is C10H16N8O. The van der Waals surface area contributed by atoms with Crippen LogP contribution in [0.2, 0.25) is 0 Å². The Bertz CT molecular complexity index is 514. The highest BCUT2D eigenvalue weighted by atomic mass is 16.5. The zero-order chi connectivity index (χ0) is 13.7. The van der Waals surface area contributed by atoms with Crippen LogP contribution in [0.25, 0.3) is 5.95 Å². The third kappa shape index (κ3) is 3.35. The Morgan fingerprint density at radius 3 is 2.74 bits per heavy atom. The number of hydrogen-bond acceptors (Lipinski definition) is 8. The largest absolute Gasteiger partial charge is 0.380 e. The quantitative estimate of drug-likeness (QED) is 0.748. The second-order valence-electron chi connectivity index (χ2n) is 3.80. The maximum absolute atomic E-state index is 5.15. The first-order valence-corrected chi connectivity index (χ1v) is 5.78. The van der Waals surface area contributed by atoms with E-state index in [0.717, 1.165) is 0 Å². The molecule has 0 spiro atoms. The summed E-state index contributed by atoms with van der Waals surface area (Å²) >= 11 is 0. The van der Waals surface area contributed by atoms with E-state index in [2.05, 4.69) is 35.7 Å². The summed E-state index contributed by atoms with van der Waals surface area (Å²) in [7, 11) is 3.39. The second kappa shape index (κ2) is 6.05. The first-order valence-electron chi connectivity index (χ1n) is 5.78. The molecule has 19 heavy (non-hydrogen) atoms. The van der Waals surface area contributed by atoms with Gasteiger partial charge in [-0.2, -0.15) is 24.7 Å². The van der Waals surface area contributed by atoms with Crippen molar-refractivity contribution in [2.75, 3.05) is 31.3 Å². The molecule has 9 heteroatoms. The summed E-state index contributed by atoms with van der Waals surface area (Å²) in [6, 6.07) is 0. The Morgan fingerprint density at radius 1 is 1.32 bits per heavy atom. The van der Waals surface area contributed by atoms with Crippen molar-refractivity contribution in [2.24, 2.45) is 0 Å². The van der Waals surface area contributed by atoms with Gasteiger partial charge in [-0.15, -0.1) is 0 Å². The summed E-state index contributed by atoms with van der Waals surface area (Å²) in [6.07, 6.45) is 3.00. The first kappa shape index (κ1) is 13.1. The van der Waals surface area contributed by atoms with Crippen molar-refractivity contribution in [3.05, 3.63) is 12.7 Å². The van der Waals surface area contributed by atoms with E-state index in [0.29, 0.717) is 24.4 Å². The average Bonchev–Trinajstić information content (AvgIpc) is 2.98. The van der Waals surface area contributed by atoms with Crippen LogP contribution in [0.5, 0.6) is 0 Å². The number of rotatable bonds is 6. The van der Waals surface area contributed by atoms with Gasteiger partial charge in [0.2, 0.25) is 11.9 Å². The smallest absolute Gasteiger partial charge is 0.258 e. The molecule has 0 aliphatic heterocycles. The van der Waals surface area contributed by atoms with Gasteiger partial charge in [-0.3, -0.25) is 0 Å². The van der Waals surface area contributed by atoms with Gasteiger partial charge in [0, 0.05) is 20.7 Å². The van der Waals surface area contributed by atoms with Crippen LogP contribution in [0.4, 0.5) is 11.9 Å². The molecule has 0 amide bonds. The van der Waals surface area contributed by atoms with Crippen LogP contribution in [0.3, 0.4) is 0 Å². The molecule has 2 aromatic heterocycles. The molecule has 9 nitrogen and oxygen atoms in total. The van der Waals surface area contributed by atoms with Crippen LogP contribution in [-0.2, 0) is 4.74 Å². The number of aromatic nitrogens is 6. The molecule has 0 aliphatic rings. The highest BCUT2D eigenvalue weighted by Gasteiger charge is 2.08. The van der Waals surface area contributed by atoms with Crippen molar-refractivity contribution in [2.45, 2.75) is 13.0 Å². The molecule has 102 valence electrons. The van der Waals surface area contributed by atoms with Crippen LogP contribution < -0.4 is 10.6 Å². The topological polar surface area (TPSA) is 103 Å². The van der Waals surface area contributed by atoms with Crippen LogP contribution in [0.1, 0.15) is 6.92 Å². The van der Waals surface area contributed by atoms with E-state index in [1.54, 1.807) is 14.2 Å². The van der Waals surface area contributed by atoms with Crippen molar-refractivity contribution in [3.8, 4) is 5.95 Å². The Kier molecular flexibility index (Phi) is 4.18. The zero-order valence-electron chi connectivity index (χ0n) is 11.0. The summed E-state index contributed by atoms with van der Waals surface area (Å²) in [5.74, 6) is 1.30. The highest BCUT2D eigenvalue weighted by molar-refractivity contribution is 5.37. The Hall–Kier alpha value is -2.29. The maximum atomic E-state index is 5.15. The molecule has 0 fully saturated rings. The predicted molar refractivity (Wildman–Crippen MR) is 69.3 cm³/mol. The van der Waals surface area contributed by atoms with E-state index in [9.17, 15) is 0 Å². The van der Waals surface area contributed by atoms with E-state index >= 15 is 0 Å². The predicted octanol–water partition coefficient (Wildman–Crippen LogP) is -0.0592. The second-order valence-corrected chi connectivity index (χ2v) is 3.80. The monoisotopic (exact) mass is 264 g/mol. The molecule has 0 saturated carbocycles. The minimum absolute atomic E-state index is 0.0598. The lowest BCUT2D eigenvalue weighted by Gasteiger charge is -2.11. The number of nitrogens with zero attached hydrogens (tertiary/aromatic N) is 6. The summed E-state index contributed by atoms with van der Waals surface area (Å²) in [4.78, 5) is 16.5. The van der Waals surface area contributed by atoms with E-state index < -0.39 is 0 Å². The SMILES string of the molecule is CNc1nc(NCC(C)OC)nc(-n2cncn2)n1. The van der Waals surface area contributed by atoms with Crippen LogP contribution in [0.15, 0.2) is 12.7 Å². The van der Waals surface area contributed by atoms with E-state index in [4.69, 9.17) is 4.74 Å². The molecular weight excluding hydrogens is 248 g/mol. The lowest BCUT2D eigenvalue weighted by Crippen LogP contribution is -2.20. The summed E-state index contributed by atoms with van der Waals surface area (Å²) in [5, 5.41) is 9.95. The molecule has 1 unspecified atom stereocenters. The van der Waals surface area contributed by atoms with Crippen molar-refractivity contribution in [1.29, 1.82) is 0 Å². The van der Waals surface area contributed by atoms with Gasteiger partial charge in [0.15, 0.2) is 0 Å². The van der Waals surface area contributed by atoms with Gasteiger partial charge < -0.3 is 15.4 Å². The zero-order valence-corrected chi connectivity index (χ0v) is 11.0. The minimum Gasteiger partial charge on any atom is -0.380 e. The van der Waals surface area contributed by atoms with Gasteiger partial charge in [0.1, 0.15) is 12.7 Å². The van der Waals surface area contributed by atoms with Gasteiger partial charge in [0.05, 0.1) is 6.10 Å². The van der Waals surface area contributed by atoms with Crippen molar-refractivity contribution >= 4 is 11.9 Å². The number of hydrogen-bond donors (Lipinski definition) is 2. The lowest BCUT2D eigenvalue weighted by molar-refractivity contribution is 0.128. The average molecular weight is 264 g/mol. The lowest BCUT2D eigenvalue weighted by atomic mass is 10.4. The fourth-order valence-electron chi connectivity index (χ4n) is 1.29. The van der Waals surface area contributed by atoms with Crippen LogP contribution >= 0.6 is 0 Å². The molecule has 0 radical (unpaired) electrons. The normalized spacial score (nSPS) is 12.2. The van der Waals surface area contributed by atoms with Gasteiger partial charge in [-0.25, -0.2) is 4.98 Å². The van der Waals surface area contributed by atoms with Crippen LogP contribution in [-0.4, -0.2) is 56.5 Å². The minimum atomic E-state index is 0.0598. The van der Waals surface area contributed by atoms with Crippen molar-refractivity contribution < 1.29 is 4.74 Å². The summed E-state index contributed by atoms with van der Waals surface area (Å²) in [6.45, 7) is 2.55. The molecule has 2 aromatic rings. The van der Waals surface area contributed by atoms with Crippen molar-refractivity contribution in [3.63, 3.8) is 0 Å². The van der Waals surface area contributed by atoms with Gasteiger partial charge in [0.25, 0.3) is 5.95 Å². The van der Waals surface area contributed by atoms with Gasteiger partial charge >= 0.3 is 0 Å². The standard InChI is InChI=1S/C10H16N8O/c1-7(19-3)4-13-9-15-8(11-2)16-10(17-9)18-6-12-5-14-18/h5-7H,4H2,1-3H3,(H2,11,13,15,16,17). The molecule has 2 N–H and O–H groups in total. The fraction of sp³-hybridized carbons (Fsp3) is 0.500. The Balaban J connectivity index is 2.21. The summed E-state index contributed by atoms with van der Waals surface area (Å²) in [5.41, 5.74) is 0. The molecule has 0 aliphatic carbocycles. The van der Waals surface area contributed by atoms with E-state index in [1.165, 1.54) is 17.3 Å². The Morgan fingerprint density at radius 2 is 2.11 bits per heavy atom. The highest BCUT2D eigenvalue weighted by Crippen LogP contribution is 2.07. The van der Waals surface area contributed by atoms with Gasteiger partial charge in [-0.05, 0) is 6.92 Å². The number of anilines is 2. The fourth-order valence-corrected chi connectivity index (χ4v) is 1.29. The first-order chi connectivity index (χ1) is 9.22. The van der Waals surface area contributed by atoms with Crippen molar-refractivity contribution in [1.82, 2.24) is 29.7 Å². The molecule has 0 saturated heterocycles.